The van der Waals surface area contributed by atoms with Crippen molar-refractivity contribution in [2.24, 2.45) is 0 Å². The van der Waals surface area contributed by atoms with Crippen molar-refractivity contribution in [3.63, 3.8) is 0 Å². The van der Waals surface area contributed by atoms with E-state index in [4.69, 9.17) is 0 Å². The molecule has 0 unspecified atom stereocenters. The molecule has 0 radical (unpaired) electrons. The van der Waals surface area contributed by atoms with Gasteiger partial charge in [0, 0.05) is 105 Å². The Balaban J connectivity index is 1.57. The van der Waals surface area contributed by atoms with E-state index in [1.807, 2.05) is 10.2 Å². The molecule has 4 N–H and O–H groups in total. The summed E-state index contributed by atoms with van der Waals surface area (Å²) in [5.74, 6) is 0. The van der Waals surface area contributed by atoms with Crippen molar-refractivity contribution in [1.82, 2.24) is 51.5 Å². The summed E-state index contributed by atoms with van der Waals surface area (Å²) in [6.45, 7) is 14.1. The van der Waals surface area contributed by atoms with Gasteiger partial charge in [-0.2, -0.15) is 30.3 Å². The highest BCUT2D eigenvalue weighted by Gasteiger charge is 2.38. The van der Waals surface area contributed by atoms with E-state index in [-0.39, 0.29) is 6.03 Å². The fraction of sp³-hybridized carbons (Fsp3) is 0.941. The van der Waals surface area contributed by atoms with E-state index in [0.717, 1.165) is 105 Å². The molecule has 0 bridgehead atoms. The Labute approximate surface area is 167 Å². The second kappa shape index (κ2) is 10.1. The molecular weight excluding hydrogens is 360 g/mol. The van der Waals surface area contributed by atoms with Gasteiger partial charge in [-0.1, -0.05) is 0 Å². The average Bonchev–Trinajstić information content (AvgIpc) is 2.77. The van der Waals surface area contributed by atoms with Gasteiger partial charge in [-0.05, 0) is 0 Å². The van der Waals surface area contributed by atoms with Gasteiger partial charge in [-0.15, -0.1) is 0 Å². The Bertz CT molecular complexity index is 406. The maximum atomic E-state index is 14.0. The molecule has 0 aromatic heterocycles. The maximum absolute atomic E-state index is 14.0. The SMILES string of the molecule is O=C(N(N1CCNCC1)N1CCNCC1)N(N1CCNCC1)N1CCNCC1. The standard InChI is InChI=1S/C17H36N10O/c28-17(26(22-9-1-18-2-10-22)23-11-3-19-4-12-23)27(24-13-5-20-6-14-24)25-15-7-21-8-16-25/h18-21H,1-16H2. The molecule has 0 saturated carbocycles. The first-order valence-electron chi connectivity index (χ1n) is 10.8. The van der Waals surface area contributed by atoms with E-state index in [2.05, 4.69) is 41.3 Å². The zero-order valence-electron chi connectivity index (χ0n) is 16.9. The summed E-state index contributed by atoms with van der Waals surface area (Å²) in [4.78, 5) is 14.0. The van der Waals surface area contributed by atoms with Crippen LogP contribution in [0.5, 0.6) is 0 Å². The van der Waals surface area contributed by atoms with E-state index >= 15 is 0 Å². The largest absolute Gasteiger partial charge is 0.379 e. The van der Waals surface area contributed by atoms with Crippen molar-refractivity contribution >= 4 is 6.03 Å². The number of carbonyl (C=O) groups excluding carboxylic acids is 1. The summed E-state index contributed by atoms with van der Waals surface area (Å²) in [5, 5.41) is 26.4. The van der Waals surface area contributed by atoms with Gasteiger partial charge in [-0.3, -0.25) is 0 Å². The molecule has 0 aromatic carbocycles. The molecule has 4 fully saturated rings. The molecule has 4 aliphatic rings. The molecule has 0 aromatic rings. The minimum absolute atomic E-state index is 0.0626. The number of hydrazine groups is 4. The number of rotatable bonds is 4. The van der Waals surface area contributed by atoms with Crippen LogP contribution >= 0.6 is 0 Å². The number of carbonyl (C=O) groups is 1. The first-order chi connectivity index (χ1) is 13.8. The predicted octanol–water partition coefficient (Wildman–Crippen LogP) is -3.01. The van der Waals surface area contributed by atoms with Crippen molar-refractivity contribution in [3.05, 3.63) is 0 Å². The summed E-state index contributed by atoms with van der Waals surface area (Å²) >= 11 is 0. The molecule has 4 rings (SSSR count). The van der Waals surface area contributed by atoms with Crippen LogP contribution in [-0.4, -0.2) is 141 Å². The van der Waals surface area contributed by atoms with Crippen LogP contribution in [0.2, 0.25) is 0 Å². The molecule has 160 valence electrons. The highest BCUT2D eigenvalue weighted by Crippen LogP contribution is 2.16. The van der Waals surface area contributed by atoms with Crippen LogP contribution in [0.1, 0.15) is 0 Å². The summed E-state index contributed by atoms with van der Waals surface area (Å²) < 4.78 is 0. The second-order valence-corrected chi connectivity index (χ2v) is 7.68. The predicted molar refractivity (Wildman–Crippen MR) is 107 cm³/mol. The van der Waals surface area contributed by atoms with Crippen molar-refractivity contribution in [2.75, 3.05) is 105 Å². The molecule has 4 heterocycles. The minimum Gasteiger partial charge on any atom is -0.314 e. The molecule has 2 amide bonds. The summed E-state index contributed by atoms with van der Waals surface area (Å²) in [5.41, 5.74) is 0. The molecule has 4 saturated heterocycles. The van der Waals surface area contributed by atoms with E-state index in [1.54, 1.807) is 0 Å². The summed E-state index contributed by atoms with van der Waals surface area (Å²) in [7, 11) is 0. The molecule has 28 heavy (non-hydrogen) atoms. The lowest BCUT2D eigenvalue weighted by Crippen LogP contribution is -2.71. The highest BCUT2D eigenvalue weighted by atomic mass is 16.2. The molecule has 0 spiro atoms. The van der Waals surface area contributed by atoms with Crippen LogP contribution in [0, 0.1) is 0 Å². The van der Waals surface area contributed by atoms with Gasteiger partial charge in [0.1, 0.15) is 0 Å². The fourth-order valence-corrected chi connectivity index (χ4v) is 4.29. The Morgan fingerprint density at radius 3 is 0.893 bits per heavy atom. The Morgan fingerprint density at radius 1 is 0.464 bits per heavy atom. The topological polar surface area (TPSA) is 84.6 Å². The molecule has 0 aliphatic carbocycles. The number of nitrogens with one attached hydrogen (secondary N) is 4. The fourth-order valence-electron chi connectivity index (χ4n) is 4.29. The Morgan fingerprint density at radius 2 is 0.679 bits per heavy atom. The molecular formula is C17H36N10O. The van der Waals surface area contributed by atoms with E-state index < -0.39 is 0 Å². The first-order valence-corrected chi connectivity index (χ1v) is 10.8. The van der Waals surface area contributed by atoms with Gasteiger partial charge in [-0.25, -0.2) is 4.79 Å². The lowest BCUT2D eigenvalue weighted by molar-refractivity contribution is -0.213. The highest BCUT2D eigenvalue weighted by molar-refractivity contribution is 5.72. The zero-order chi connectivity index (χ0) is 19.2. The van der Waals surface area contributed by atoms with E-state index in [1.165, 1.54) is 0 Å². The van der Waals surface area contributed by atoms with Crippen LogP contribution in [0.4, 0.5) is 4.79 Å². The third kappa shape index (κ3) is 4.74. The van der Waals surface area contributed by atoms with Gasteiger partial charge in [0.05, 0.1) is 0 Å². The van der Waals surface area contributed by atoms with Gasteiger partial charge in [0.15, 0.2) is 0 Å². The number of nitrogens with zero attached hydrogens (tertiary/aromatic N) is 6. The lowest BCUT2D eigenvalue weighted by Gasteiger charge is -2.51. The minimum atomic E-state index is 0.0626. The number of piperazine rings is 4. The van der Waals surface area contributed by atoms with Crippen molar-refractivity contribution < 1.29 is 4.79 Å². The van der Waals surface area contributed by atoms with Crippen LogP contribution in [0.25, 0.3) is 0 Å². The van der Waals surface area contributed by atoms with Crippen LogP contribution in [-0.2, 0) is 0 Å². The Hall–Kier alpha value is -1.05. The second-order valence-electron chi connectivity index (χ2n) is 7.68. The summed E-state index contributed by atoms with van der Waals surface area (Å²) in [6.07, 6.45) is 0. The van der Waals surface area contributed by atoms with Gasteiger partial charge in [0.2, 0.25) is 0 Å². The average molecular weight is 397 g/mol. The van der Waals surface area contributed by atoms with Gasteiger partial charge in [0.25, 0.3) is 0 Å². The van der Waals surface area contributed by atoms with Crippen molar-refractivity contribution in [2.45, 2.75) is 0 Å². The van der Waals surface area contributed by atoms with Gasteiger partial charge < -0.3 is 21.3 Å². The smallest absolute Gasteiger partial charge is 0.314 e. The third-order valence-electron chi connectivity index (χ3n) is 5.79. The number of hydrogen-bond donors (Lipinski definition) is 4. The van der Waals surface area contributed by atoms with E-state index in [0.29, 0.717) is 0 Å². The third-order valence-corrected chi connectivity index (χ3v) is 5.79. The molecule has 11 heteroatoms. The van der Waals surface area contributed by atoms with Crippen LogP contribution in [0.15, 0.2) is 0 Å². The number of urea groups is 1. The van der Waals surface area contributed by atoms with Crippen LogP contribution < -0.4 is 21.3 Å². The molecule has 11 nitrogen and oxygen atoms in total. The molecule has 4 aliphatic heterocycles. The first kappa shape index (κ1) is 20.2. The Kier molecular flexibility index (Phi) is 7.31. The normalized spacial score (nSPS) is 26.9. The maximum Gasteiger partial charge on any atom is 0.379 e. The van der Waals surface area contributed by atoms with E-state index in [9.17, 15) is 4.79 Å². The zero-order valence-corrected chi connectivity index (χ0v) is 16.9. The van der Waals surface area contributed by atoms with Crippen molar-refractivity contribution in [1.29, 1.82) is 0 Å². The summed E-state index contributed by atoms with van der Waals surface area (Å²) in [6, 6.07) is 0.0626. The quantitative estimate of drug-likeness (QED) is 0.397. The van der Waals surface area contributed by atoms with Gasteiger partial charge >= 0.3 is 6.03 Å². The number of amides is 2. The lowest BCUT2D eigenvalue weighted by atomic mass is 10.4. The van der Waals surface area contributed by atoms with Crippen molar-refractivity contribution in [3.8, 4) is 0 Å². The van der Waals surface area contributed by atoms with Crippen LogP contribution in [0.3, 0.4) is 0 Å². The monoisotopic (exact) mass is 396 g/mol. The molecule has 0 atom stereocenters. The number of hydrogen-bond acceptors (Lipinski definition) is 9.